The van der Waals surface area contributed by atoms with E-state index in [9.17, 15) is 18.4 Å². The van der Waals surface area contributed by atoms with Crippen LogP contribution in [-0.2, 0) is 16.1 Å². The Kier molecular flexibility index (Phi) is 6.36. The summed E-state index contributed by atoms with van der Waals surface area (Å²) in [7, 11) is 1.23. The van der Waals surface area contributed by atoms with E-state index in [1.807, 2.05) is 0 Å². The first kappa shape index (κ1) is 22.1. The fraction of sp³-hybridized carbons (Fsp3) is 0.435. The maximum absolute atomic E-state index is 14.6. The van der Waals surface area contributed by atoms with Gasteiger partial charge in [-0.1, -0.05) is 13.0 Å². The zero-order chi connectivity index (χ0) is 22.8. The molecule has 0 aliphatic carbocycles. The van der Waals surface area contributed by atoms with Crippen LogP contribution < -0.4 is 10.1 Å². The van der Waals surface area contributed by atoms with Gasteiger partial charge in [0.15, 0.2) is 23.4 Å². The number of fused-ring (bicyclic) bond motifs is 1. The first-order valence-electron chi connectivity index (χ1n) is 10.7. The van der Waals surface area contributed by atoms with Crippen LogP contribution in [0.5, 0.6) is 5.75 Å². The van der Waals surface area contributed by atoms with Gasteiger partial charge in [0, 0.05) is 12.1 Å². The molecule has 0 bridgehead atoms. The van der Waals surface area contributed by atoms with Crippen LogP contribution in [0, 0.1) is 11.8 Å². The highest BCUT2D eigenvalue weighted by Gasteiger charge is 2.29. The van der Waals surface area contributed by atoms with Gasteiger partial charge in [0.2, 0.25) is 5.95 Å². The van der Waals surface area contributed by atoms with Crippen LogP contribution in [0.1, 0.15) is 53.7 Å². The highest BCUT2D eigenvalue weighted by Crippen LogP contribution is 2.35. The highest BCUT2D eigenvalue weighted by molar-refractivity contribution is 5.97. The van der Waals surface area contributed by atoms with Crippen LogP contribution in [0.4, 0.5) is 14.5 Å². The molecular weight excluding hydrogens is 420 g/mol. The van der Waals surface area contributed by atoms with E-state index in [1.165, 1.54) is 19.2 Å². The standard InChI is InChI=1S/C23H25F2N3O4/c1-3-19-22(29)27-18-11-13(10-16(24)20(18)32-19)12-28-8-6-14(7-9-28)15-4-5-17(23(30)31-2)26-21(15)25/h4-5,10-11,14,19H,3,6-9,12H2,1-2H3,(H,27,29). The molecule has 2 aliphatic rings. The molecule has 1 N–H and O–H groups in total. The number of aromatic nitrogens is 1. The van der Waals surface area contributed by atoms with Gasteiger partial charge in [-0.05, 0) is 62.0 Å². The highest BCUT2D eigenvalue weighted by atomic mass is 19.1. The van der Waals surface area contributed by atoms with Crippen LogP contribution in [0.3, 0.4) is 0 Å². The Hall–Kier alpha value is -3.07. The molecule has 0 spiro atoms. The second kappa shape index (κ2) is 9.20. The third kappa shape index (κ3) is 4.43. The minimum atomic E-state index is -0.682. The molecule has 2 aromatic rings. The first-order valence-corrected chi connectivity index (χ1v) is 10.7. The van der Waals surface area contributed by atoms with Crippen molar-refractivity contribution >= 4 is 17.6 Å². The lowest BCUT2D eigenvalue weighted by Gasteiger charge is -2.32. The van der Waals surface area contributed by atoms with E-state index in [0.29, 0.717) is 50.1 Å². The van der Waals surface area contributed by atoms with Crippen molar-refractivity contribution < 1.29 is 27.8 Å². The van der Waals surface area contributed by atoms with Crippen LogP contribution in [-0.4, -0.2) is 48.1 Å². The normalized spacial score (nSPS) is 19.1. The molecule has 1 aromatic heterocycles. The lowest BCUT2D eigenvalue weighted by Crippen LogP contribution is -2.37. The molecule has 9 heteroatoms. The van der Waals surface area contributed by atoms with Crippen LogP contribution in [0.25, 0.3) is 0 Å². The summed E-state index contributed by atoms with van der Waals surface area (Å²) in [5.74, 6) is -2.02. The number of amides is 1. The number of pyridine rings is 1. The summed E-state index contributed by atoms with van der Waals surface area (Å²) in [5.41, 5.74) is 1.52. The fourth-order valence-corrected chi connectivity index (χ4v) is 4.26. The molecule has 1 saturated heterocycles. The molecule has 0 saturated carbocycles. The zero-order valence-electron chi connectivity index (χ0n) is 18.0. The number of ether oxygens (including phenoxy) is 2. The Morgan fingerprint density at radius 3 is 2.69 bits per heavy atom. The Bertz CT molecular complexity index is 1040. The van der Waals surface area contributed by atoms with Gasteiger partial charge in [-0.2, -0.15) is 4.39 Å². The molecule has 2 aliphatic heterocycles. The van der Waals surface area contributed by atoms with E-state index < -0.39 is 23.8 Å². The maximum Gasteiger partial charge on any atom is 0.356 e. The van der Waals surface area contributed by atoms with Crippen molar-refractivity contribution in [1.82, 2.24) is 9.88 Å². The summed E-state index contributed by atoms with van der Waals surface area (Å²) < 4.78 is 39.1. The van der Waals surface area contributed by atoms with Crippen molar-refractivity contribution in [3.8, 4) is 5.75 Å². The van der Waals surface area contributed by atoms with Gasteiger partial charge >= 0.3 is 5.97 Å². The molecule has 1 fully saturated rings. The first-order chi connectivity index (χ1) is 15.4. The number of benzene rings is 1. The topological polar surface area (TPSA) is 80.8 Å². The van der Waals surface area contributed by atoms with E-state index in [0.717, 1.165) is 5.56 Å². The van der Waals surface area contributed by atoms with Gasteiger partial charge in [-0.25, -0.2) is 14.2 Å². The zero-order valence-corrected chi connectivity index (χ0v) is 18.0. The summed E-state index contributed by atoms with van der Waals surface area (Å²) in [6.07, 6.45) is 1.20. The average molecular weight is 445 g/mol. The quantitative estimate of drug-likeness (QED) is 0.559. The van der Waals surface area contributed by atoms with Gasteiger partial charge < -0.3 is 14.8 Å². The van der Waals surface area contributed by atoms with E-state index in [-0.39, 0.29) is 23.3 Å². The Balaban J connectivity index is 1.40. The number of likely N-dealkylation sites (tertiary alicyclic amines) is 1. The number of halogens is 2. The number of piperidine rings is 1. The predicted octanol–water partition coefficient (Wildman–Crippen LogP) is 3.64. The maximum atomic E-state index is 14.6. The molecule has 1 amide bonds. The minimum Gasteiger partial charge on any atom is -0.475 e. The summed E-state index contributed by atoms with van der Waals surface area (Å²) in [5, 5.41) is 2.73. The number of nitrogens with zero attached hydrogens (tertiary/aromatic N) is 2. The molecule has 1 unspecified atom stereocenters. The number of esters is 1. The number of rotatable bonds is 5. The molecular formula is C23H25F2N3O4. The summed E-state index contributed by atoms with van der Waals surface area (Å²) >= 11 is 0. The van der Waals surface area contributed by atoms with E-state index in [4.69, 9.17) is 4.74 Å². The number of anilines is 1. The smallest absolute Gasteiger partial charge is 0.356 e. The van der Waals surface area contributed by atoms with Crippen LogP contribution in [0.2, 0.25) is 0 Å². The number of hydrogen-bond acceptors (Lipinski definition) is 6. The Labute approximate surface area is 184 Å². The third-order valence-corrected chi connectivity index (χ3v) is 5.99. The van der Waals surface area contributed by atoms with Gasteiger partial charge in [-0.3, -0.25) is 9.69 Å². The lowest BCUT2D eigenvalue weighted by molar-refractivity contribution is -0.123. The van der Waals surface area contributed by atoms with Gasteiger partial charge in [0.05, 0.1) is 12.8 Å². The van der Waals surface area contributed by atoms with Crippen LogP contribution in [0.15, 0.2) is 24.3 Å². The summed E-state index contributed by atoms with van der Waals surface area (Å²) in [6, 6.07) is 6.25. The molecule has 1 aromatic carbocycles. The molecule has 170 valence electrons. The molecule has 3 heterocycles. The van der Waals surface area contributed by atoms with Crippen molar-refractivity contribution in [1.29, 1.82) is 0 Å². The van der Waals surface area contributed by atoms with Crippen molar-refractivity contribution in [2.24, 2.45) is 0 Å². The van der Waals surface area contributed by atoms with Crippen molar-refractivity contribution in [2.45, 2.75) is 44.8 Å². The Morgan fingerprint density at radius 1 is 1.28 bits per heavy atom. The Morgan fingerprint density at radius 2 is 2.03 bits per heavy atom. The summed E-state index contributed by atoms with van der Waals surface area (Å²) in [6.45, 7) is 3.71. The van der Waals surface area contributed by atoms with E-state index in [1.54, 1.807) is 19.1 Å². The van der Waals surface area contributed by atoms with Gasteiger partial charge in [0.25, 0.3) is 5.91 Å². The SMILES string of the molecule is CCC1Oc2c(F)cc(CN3CCC(c4ccc(C(=O)OC)nc4F)CC3)cc2NC1=O. The molecule has 0 radical (unpaired) electrons. The predicted molar refractivity (Wildman–Crippen MR) is 113 cm³/mol. The second-order valence-corrected chi connectivity index (χ2v) is 8.08. The largest absolute Gasteiger partial charge is 0.475 e. The fourth-order valence-electron chi connectivity index (χ4n) is 4.26. The molecule has 7 nitrogen and oxygen atoms in total. The van der Waals surface area contributed by atoms with Crippen molar-refractivity contribution in [3.05, 3.63) is 52.9 Å². The van der Waals surface area contributed by atoms with Gasteiger partial charge in [0.1, 0.15) is 0 Å². The number of methoxy groups -OCH3 is 1. The van der Waals surface area contributed by atoms with E-state index in [2.05, 4.69) is 19.9 Å². The van der Waals surface area contributed by atoms with Crippen LogP contribution >= 0.6 is 0 Å². The molecule has 32 heavy (non-hydrogen) atoms. The third-order valence-electron chi connectivity index (χ3n) is 5.99. The summed E-state index contributed by atoms with van der Waals surface area (Å²) in [4.78, 5) is 29.5. The monoisotopic (exact) mass is 445 g/mol. The number of nitrogens with one attached hydrogen (secondary N) is 1. The minimum absolute atomic E-state index is 0.00983. The second-order valence-electron chi connectivity index (χ2n) is 8.08. The lowest BCUT2D eigenvalue weighted by atomic mass is 9.90. The van der Waals surface area contributed by atoms with E-state index >= 15 is 0 Å². The van der Waals surface area contributed by atoms with Crippen molar-refractivity contribution in [2.75, 3.05) is 25.5 Å². The molecule has 1 atom stereocenters. The number of carbonyl (C=O) groups is 2. The van der Waals surface area contributed by atoms with Gasteiger partial charge in [-0.15, -0.1) is 0 Å². The van der Waals surface area contributed by atoms with Crippen molar-refractivity contribution in [3.63, 3.8) is 0 Å². The average Bonchev–Trinajstić information content (AvgIpc) is 2.78. The molecule has 4 rings (SSSR count). The number of hydrogen-bond donors (Lipinski definition) is 1. The number of carbonyl (C=O) groups excluding carboxylic acids is 2.